The number of unbranched alkanes of at least 4 members (excludes halogenated alkanes) is 19. The molecule has 0 fully saturated rings. The molecule has 0 bridgehead atoms. The minimum atomic E-state index is -4.76. The Hall–Kier alpha value is -3.86. The highest BCUT2D eigenvalue weighted by Gasteiger charge is 2.28. The molecule has 0 spiro atoms. The molecule has 12 heteroatoms. The summed E-state index contributed by atoms with van der Waals surface area (Å²) in [6, 6.07) is 0. The van der Waals surface area contributed by atoms with Gasteiger partial charge in [-0.1, -0.05) is 214 Å². The molecule has 0 aromatic carbocycles. The summed E-state index contributed by atoms with van der Waals surface area (Å²) in [5, 5.41) is 9.83. The van der Waals surface area contributed by atoms with Crippen molar-refractivity contribution in [1.29, 1.82) is 0 Å². The third kappa shape index (κ3) is 54.9. The van der Waals surface area contributed by atoms with Crippen LogP contribution in [0.3, 0.4) is 0 Å². The molecule has 11 nitrogen and oxygen atoms in total. The Labute approximate surface area is 463 Å². The van der Waals surface area contributed by atoms with Crippen molar-refractivity contribution in [2.45, 2.75) is 251 Å². The molecule has 0 amide bonds. The summed E-state index contributed by atoms with van der Waals surface area (Å²) in [5.41, 5.74) is 0. The van der Waals surface area contributed by atoms with Crippen LogP contribution in [0, 0.1) is 0 Å². The van der Waals surface area contributed by atoms with Crippen LogP contribution in [0.2, 0.25) is 0 Å². The second-order valence-electron chi connectivity index (χ2n) is 19.4. The van der Waals surface area contributed by atoms with Gasteiger partial charge >= 0.3 is 25.7 Å². The third-order valence-electron chi connectivity index (χ3n) is 12.2. The van der Waals surface area contributed by atoms with Crippen molar-refractivity contribution in [3.8, 4) is 0 Å². The van der Waals surface area contributed by atoms with E-state index in [-0.39, 0.29) is 25.9 Å². The van der Waals surface area contributed by atoms with E-state index in [2.05, 4.69) is 130 Å². The van der Waals surface area contributed by atoms with Gasteiger partial charge in [0, 0.05) is 19.3 Å². The largest absolute Gasteiger partial charge is 0.472 e. The van der Waals surface area contributed by atoms with Crippen LogP contribution in [0.5, 0.6) is 0 Å². The quantitative estimate of drug-likeness (QED) is 0.0197. The van der Waals surface area contributed by atoms with Gasteiger partial charge in [0.1, 0.15) is 12.7 Å². The number of ether oxygens (including phenoxy) is 3. The maximum atomic E-state index is 12.9. The first-order valence-electron chi connectivity index (χ1n) is 29.8. The summed E-state index contributed by atoms with van der Waals surface area (Å²) in [5.74, 6) is -1.51. The Morgan fingerprint density at radius 1 is 0.382 bits per heavy atom. The third-order valence-corrected chi connectivity index (χ3v) is 13.1. The lowest BCUT2D eigenvalue weighted by Crippen LogP contribution is -2.30. The number of phosphoric ester groups is 1. The molecule has 2 N–H and O–H groups in total. The highest BCUT2D eigenvalue weighted by molar-refractivity contribution is 7.47. The minimum Gasteiger partial charge on any atom is -0.462 e. The minimum absolute atomic E-state index is 0.144. The van der Waals surface area contributed by atoms with Gasteiger partial charge in [-0.05, 0) is 116 Å². The van der Waals surface area contributed by atoms with Crippen molar-refractivity contribution in [1.82, 2.24) is 0 Å². The smallest absolute Gasteiger partial charge is 0.462 e. The number of hydrogen-bond donors (Lipinski definition) is 2. The summed E-state index contributed by atoms with van der Waals surface area (Å²) in [4.78, 5) is 48.6. The maximum absolute atomic E-state index is 12.9. The van der Waals surface area contributed by atoms with Gasteiger partial charge in [0.25, 0.3) is 0 Å². The van der Waals surface area contributed by atoms with Crippen LogP contribution in [0.15, 0.2) is 109 Å². The summed E-state index contributed by atoms with van der Waals surface area (Å²) < 4.78 is 39.5. The predicted octanol–water partition coefficient (Wildman–Crippen LogP) is 17.8. The highest BCUT2D eigenvalue weighted by Crippen LogP contribution is 2.43. The van der Waals surface area contributed by atoms with E-state index in [4.69, 9.17) is 23.3 Å². The van der Waals surface area contributed by atoms with Gasteiger partial charge < -0.3 is 24.2 Å². The van der Waals surface area contributed by atoms with Crippen molar-refractivity contribution in [3.05, 3.63) is 109 Å². The van der Waals surface area contributed by atoms with E-state index in [1.54, 1.807) is 0 Å². The normalized spacial score (nSPS) is 14.1. The Morgan fingerprint density at radius 2 is 0.684 bits per heavy atom. The number of aliphatic hydroxyl groups excluding tert-OH is 1. The molecule has 0 aromatic rings. The summed E-state index contributed by atoms with van der Waals surface area (Å²) in [6.45, 7) is 4.34. The van der Waals surface area contributed by atoms with Crippen LogP contribution in [0.4, 0.5) is 0 Å². The first kappa shape index (κ1) is 72.1. The molecule has 0 heterocycles. The van der Waals surface area contributed by atoms with Gasteiger partial charge in [-0.2, -0.15) is 0 Å². The number of carbonyl (C=O) groups is 3. The Morgan fingerprint density at radius 3 is 1.07 bits per heavy atom. The molecule has 3 atom stereocenters. The molecular formula is C64H107O11P. The molecule has 0 aliphatic heterocycles. The molecule has 0 saturated heterocycles. The van der Waals surface area contributed by atoms with Crippen LogP contribution in [-0.4, -0.2) is 66.5 Å². The second kappa shape index (κ2) is 57.3. The Kier molecular flexibility index (Phi) is 54.4. The summed E-state index contributed by atoms with van der Waals surface area (Å²) in [6.07, 6.45) is 69.0. The number of hydrogen-bond acceptors (Lipinski definition) is 10. The lowest BCUT2D eigenvalue weighted by atomic mass is 10.1. The van der Waals surface area contributed by atoms with E-state index >= 15 is 0 Å². The van der Waals surface area contributed by atoms with Gasteiger partial charge in [0.2, 0.25) is 0 Å². The van der Waals surface area contributed by atoms with Crippen molar-refractivity contribution < 1.29 is 52.2 Å². The number of aliphatic hydroxyl groups is 1. The van der Waals surface area contributed by atoms with E-state index in [1.165, 1.54) is 12.8 Å². The molecule has 0 rings (SSSR count). The van der Waals surface area contributed by atoms with Gasteiger partial charge in [-0.25, -0.2) is 4.57 Å². The van der Waals surface area contributed by atoms with E-state index in [9.17, 15) is 28.9 Å². The topological polar surface area (TPSA) is 155 Å². The number of allylic oxidation sites excluding steroid dienone is 18. The fourth-order valence-electron chi connectivity index (χ4n) is 7.67. The second-order valence-corrected chi connectivity index (χ2v) is 20.8. The van der Waals surface area contributed by atoms with Crippen molar-refractivity contribution >= 4 is 25.7 Å². The summed E-state index contributed by atoms with van der Waals surface area (Å²) >= 11 is 0. The molecule has 76 heavy (non-hydrogen) atoms. The van der Waals surface area contributed by atoms with E-state index in [0.717, 1.165) is 167 Å². The molecule has 0 radical (unpaired) electrons. The number of phosphoric acid groups is 1. The summed E-state index contributed by atoms with van der Waals surface area (Å²) in [7, 11) is -4.76. The van der Waals surface area contributed by atoms with Gasteiger partial charge in [0.05, 0.1) is 19.8 Å². The van der Waals surface area contributed by atoms with Crippen molar-refractivity contribution in [3.63, 3.8) is 0 Å². The fourth-order valence-corrected chi connectivity index (χ4v) is 8.46. The average Bonchev–Trinajstić information content (AvgIpc) is 3.41. The van der Waals surface area contributed by atoms with Gasteiger partial charge in [-0.15, -0.1) is 0 Å². The zero-order chi connectivity index (χ0) is 55.5. The molecule has 0 saturated carbocycles. The SMILES string of the molecule is CC/C=C\C/C=C\C/C=C\C/C=C\CCCCCCCCC(=O)OC(CO)COP(=O)(O)OCC(COC(=O)CCCCCCC/C=C\CCCC)OC(=O)CCCCCCCC/C=C\C/C=C\C/C=C\C/C=C\CC. The standard InChI is InChI=1S/C64H107O11P/c1-4-7-10-13-16-19-22-24-26-28-30-32-34-36-39-42-45-48-51-54-63(67)74-60(56-65)58-72-76(69,70)73-59-61(57-71-62(66)53-50-47-44-41-38-21-18-15-12-9-6-3)75-64(68)55-52-49-46-43-40-37-35-33-31-29-27-25-23-20-17-14-11-8-5-2/h7-8,10-11,15-20,24-27,30-33,60-61,65H,4-6,9,12-14,21-23,28-29,34-59H2,1-3H3,(H,69,70)/b10-7-,11-8-,18-15-,19-16-,20-17-,26-24-,27-25-,32-30-,33-31-. The number of esters is 3. The zero-order valence-corrected chi connectivity index (χ0v) is 48.8. The molecule has 3 unspecified atom stereocenters. The van der Waals surface area contributed by atoms with Crippen LogP contribution in [0.25, 0.3) is 0 Å². The Balaban J connectivity index is 4.70. The zero-order valence-electron chi connectivity index (χ0n) is 47.9. The predicted molar refractivity (Wildman–Crippen MR) is 316 cm³/mol. The van der Waals surface area contributed by atoms with Gasteiger partial charge in [0.15, 0.2) is 6.10 Å². The maximum Gasteiger partial charge on any atom is 0.472 e. The fraction of sp³-hybridized carbons (Fsp3) is 0.672. The van der Waals surface area contributed by atoms with Crippen LogP contribution >= 0.6 is 7.82 Å². The molecular weight excluding hydrogens is 976 g/mol. The van der Waals surface area contributed by atoms with E-state index in [1.807, 2.05) is 0 Å². The van der Waals surface area contributed by atoms with Crippen molar-refractivity contribution in [2.75, 3.05) is 26.4 Å². The lowest BCUT2D eigenvalue weighted by Gasteiger charge is -2.21. The number of carbonyl (C=O) groups excluding carboxylic acids is 3. The number of rotatable bonds is 54. The van der Waals surface area contributed by atoms with E-state index in [0.29, 0.717) is 19.3 Å². The molecule has 0 aromatic heterocycles. The highest BCUT2D eigenvalue weighted by atomic mass is 31.2. The van der Waals surface area contributed by atoms with Crippen LogP contribution in [-0.2, 0) is 42.2 Å². The first-order chi connectivity index (χ1) is 37.2. The molecule has 434 valence electrons. The average molecular weight is 1080 g/mol. The lowest BCUT2D eigenvalue weighted by molar-refractivity contribution is -0.161. The van der Waals surface area contributed by atoms with Crippen molar-refractivity contribution in [2.24, 2.45) is 0 Å². The first-order valence-corrected chi connectivity index (χ1v) is 31.3. The van der Waals surface area contributed by atoms with Crippen LogP contribution in [0.1, 0.15) is 239 Å². The van der Waals surface area contributed by atoms with Crippen LogP contribution < -0.4 is 0 Å². The molecule has 0 aliphatic carbocycles. The Bertz CT molecular complexity index is 1690. The molecule has 0 aliphatic rings. The monoisotopic (exact) mass is 1080 g/mol. The van der Waals surface area contributed by atoms with E-state index < -0.39 is 57.8 Å². The van der Waals surface area contributed by atoms with Gasteiger partial charge in [-0.3, -0.25) is 23.4 Å².